The molecule has 0 aliphatic rings. The zero-order valence-electron chi connectivity index (χ0n) is 10.6. The van der Waals surface area contributed by atoms with Gasteiger partial charge in [0.05, 0.1) is 11.1 Å². The van der Waals surface area contributed by atoms with Crippen molar-refractivity contribution in [3.63, 3.8) is 0 Å². The molecule has 0 spiro atoms. The molecule has 0 amide bonds. The molecule has 0 unspecified atom stereocenters. The molecule has 1 heterocycles. The molecule has 1 aromatic carbocycles. The molecular weight excluding hydrogens is 408 g/mol. The Balaban J connectivity index is 1.63. The average molecular weight is 422 g/mol. The number of imidazole rings is 1. The molecule has 1 aromatic heterocycles. The van der Waals surface area contributed by atoms with Gasteiger partial charge in [-0.25, -0.2) is 4.79 Å². The number of H-pyrrole nitrogens is 2. The van der Waals surface area contributed by atoms with Crippen LogP contribution in [0.1, 0.15) is 12.1 Å². The van der Waals surface area contributed by atoms with Crippen LogP contribution in [0.4, 0.5) is 0 Å². The summed E-state index contributed by atoms with van der Waals surface area (Å²) in [5.41, 5.74) is 0.778. The van der Waals surface area contributed by atoms with Gasteiger partial charge in [-0.3, -0.25) is 0 Å². The third kappa shape index (κ3) is 5.03. The summed E-state index contributed by atoms with van der Waals surface area (Å²) in [7, 11) is 0. The molecule has 2 N–H and O–H groups in total. The molecule has 0 fully saturated rings. The molecule has 0 atom stereocenters. The fraction of sp³-hybridized carbons (Fsp3) is 0.308. The molecule has 4 nitrogen and oxygen atoms in total. The normalized spacial score (nSPS) is 10.7. The van der Waals surface area contributed by atoms with E-state index in [9.17, 15) is 4.79 Å². The van der Waals surface area contributed by atoms with Crippen molar-refractivity contribution < 1.29 is 4.74 Å². The smallest absolute Gasteiger partial charge is 0.323 e. The summed E-state index contributed by atoms with van der Waals surface area (Å²) in [6.07, 6.45) is 2.67. The van der Waals surface area contributed by atoms with Gasteiger partial charge >= 0.3 is 5.69 Å². The van der Waals surface area contributed by atoms with Crippen LogP contribution in [0.15, 0.2) is 38.1 Å². The Bertz CT molecular complexity index is 612. The van der Waals surface area contributed by atoms with E-state index in [1.165, 1.54) is 0 Å². The lowest BCUT2D eigenvalue weighted by Gasteiger charge is -2.08. The molecule has 0 bridgehead atoms. The minimum atomic E-state index is -0.149. The molecule has 0 aliphatic carbocycles. The van der Waals surface area contributed by atoms with Gasteiger partial charge in [-0.05, 0) is 46.3 Å². The quantitative estimate of drug-likeness (QED) is 0.666. The molecule has 0 saturated carbocycles. The van der Waals surface area contributed by atoms with Crippen molar-refractivity contribution in [2.45, 2.75) is 12.2 Å². The van der Waals surface area contributed by atoms with E-state index in [0.717, 1.165) is 38.3 Å². The van der Waals surface area contributed by atoms with Crippen LogP contribution in [-0.2, 0) is 5.75 Å². The highest BCUT2D eigenvalue weighted by molar-refractivity contribution is 9.11. The number of rotatable bonds is 7. The topological polar surface area (TPSA) is 57.9 Å². The second kappa shape index (κ2) is 7.95. The predicted octanol–water partition coefficient (Wildman–Crippen LogP) is 3.93. The Hall–Kier alpha value is -0.660. The monoisotopic (exact) mass is 420 g/mol. The van der Waals surface area contributed by atoms with Crippen LogP contribution in [-0.4, -0.2) is 22.3 Å². The van der Waals surface area contributed by atoms with Crippen LogP contribution >= 0.6 is 43.6 Å². The maximum absolute atomic E-state index is 10.9. The van der Waals surface area contributed by atoms with Gasteiger partial charge in [0.1, 0.15) is 5.75 Å². The highest BCUT2D eigenvalue weighted by atomic mass is 79.9. The Morgan fingerprint density at radius 1 is 1.30 bits per heavy atom. The van der Waals surface area contributed by atoms with E-state index in [0.29, 0.717) is 6.61 Å². The second-order valence-electron chi connectivity index (χ2n) is 4.10. The van der Waals surface area contributed by atoms with Gasteiger partial charge < -0.3 is 14.7 Å². The summed E-state index contributed by atoms with van der Waals surface area (Å²) < 4.78 is 7.67. The zero-order valence-corrected chi connectivity index (χ0v) is 14.6. The fourth-order valence-corrected chi connectivity index (χ4v) is 3.57. The van der Waals surface area contributed by atoms with Crippen LogP contribution in [0, 0.1) is 0 Å². The number of hydrogen-bond acceptors (Lipinski definition) is 3. The van der Waals surface area contributed by atoms with E-state index < -0.39 is 0 Å². The SMILES string of the molecule is O=c1[nH]cc(CSCCCOc2ccc(Br)cc2Br)[nH]1. The Kier molecular flexibility index (Phi) is 6.25. The molecular formula is C13H14Br2N2O2S. The van der Waals surface area contributed by atoms with Crippen molar-refractivity contribution in [3.8, 4) is 5.75 Å². The van der Waals surface area contributed by atoms with Crippen molar-refractivity contribution >= 4 is 43.6 Å². The zero-order chi connectivity index (χ0) is 14.4. The van der Waals surface area contributed by atoms with Crippen LogP contribution in [0.3, 0.4) is 0 Å². The summed E-state index contributed by atoms with van der Waals surface area (Å²) in [6.45, 7) is 0.677. The van der Waals surface area contributed by atoms with E-state index >= 15 is 0 Å². The standard InChI is InChI=1S/C13H14Br2N2O2S/c14-9-2-3-12(11(15)6-9)19-4-1-5-20-8-10-7-16-13(18)17-10/h2-3,6-7H,1,4-5,8H2,(H2,16,17,18). The summed E-state index contributed by atoms with van der Waals surface area (Å²) in [4.78, 5) is 16.2. The number of benzene rings is 1. The average Bonchev–Trinajstić information content (AvgIpc) is 2.81. The summed E-state index contributed by atoms with van der Waals surface area (Å²) in [6, 6.07) is 5.86. The first kappa shape index (κ1) is 15.7. The second-order valence-corrected chi connectivity index (χ2v) is 6.97. The summed E-state index contributed by atoms with van der Waals surface area (Å²) in [5.74, 6) is 2.65. The number of aromatic nitrogens is 2. The lowest BCUT2D eigenvalue weighted by atomic mass is 10.3. The van der Waals surface area contributed by atoms with Gasteiger partial charge in [-0.15, -0.1) is 0 Å². The van der Waals surface area contributed by atoms with Gasteiger partial charge in [-0.1, -0.05) is 15.9 Å². The van der Waals surface area contributed by atoms with Gasteiger partial charge in [0.25, 0.3) is 0 Å². The van der Waals surface area contributed by atoms with Crippen molar-refractivity contribution in [2.24, 2.45) is 0 Å². The van der Waals surface area contributed by atoms with E-state index in [1.807, 2.05) is 18.2 Å². The number of thioether (sulfide) groups is 1. The highest BCUT2D eigenvalue weighted by Gasteiger charge is 2.01. The largest absolute Gasteiger partial charge is 0.492 e. The van der Waals surface area contributed by atoms with Crippen molar-refractivity contribution in [2.75, 3.05) is 12.4 Å². The first-order valence-corrected chi connectivity index (χ1v) is 8.81. The minimum Gasteiger partial charge on any atom is -0.492 e. The third-order valence-corrected chi connectivity index (χ3v) is 4.70. The number of hydrogen-bond donors (Lipinski definition) is 2. The van der Waals surface area contributed by atoms with Crippen LogP contribution in [0.5, 0.6) is 5.75 Å². The maximum atomic E-state index is 10.9. The minimum absolute atomic E-state index is 0.149. The first-order valence-electron chi connectivity index (χ1n) is 6.07. The number of aromatic amines is 2. The molecule has 0 saturated heterocycles. The maximum Gasteiger partial charge on any atom is 0.323 e. The highest BCUT2D eigenvalue weighted by Crippen LogP contribution is 2.28. The molecule has 20 heavy (non-hydrogen) atoms. The molecule has 108 valence electrons. The van der Waals surface area contributed by atoms with Crippen molar-refractivity contribution in [1.29, 1.82) is 0 Å². The van der Waals surface area contributed by atoms with Crippen LogP contribution in [0.2, 0.25) is 0 Å². The first-order chi connectivity index (χ1) is 9.65. The summed E-state index contributed by atoms with van der Waals surface area (Å²) in [5, 5.41) is 0. The number of halogens is 2. The molecule has 2 aromatic rings. The van der Waals surface area contributed by atoms with Gasteiger partial charge in [0, 0.05) is 22.1 Å². The third-order valence-electron chi connectivity index (χ3n) is 2.49. The Labute approximate surface area is 138 Å². The van der Waals surface area contributed by atoms with Gasteiger partial charge in [0.15, 0.2) is 0 Å². The molecule has 0 aliphatic heterocycles. The summed E-state index contributed by atoms with van der Waals surface area (Å²) >= 11 is 8.64. The number of nitrogens with one attached hydrogen (secondary N) is 2. The lowest BCUT2D eigenvalue weighted by molar-refractivity contribution is 0.316. The van der Waals surface area contributed by atoms with Gasteiger partial charge in [-0.2, -0.15) is 11.8 Å². The van der Waals surface area contributed by atoms with Crippen molar-refractivity contribution in [1.82, 2.24) is 9.97 Å². The Morgan fingerprint density at radius 2 is 2.15 bits per heavy atom. The predicted molar refractivity (Wildman–Crippen MR) is 89.5 cm³/mol. The van der Waals surface area contributed by atoms with E-state index in [-0.39, 0.29) is 5.69 Å². The Morgan fingerprint density at radius 3 is 2.85 bits per heavy atom. The lowest BCUT2D eigenvalue weighted by Crippen LogP contribution is -2.01. The van der Waals surface area contributed by atoms with Crippen LogP contribution < -0.4 is 10.4 Å². The molecule has 7 heteroatoms. The fourth-order valence-electron chi connectivity index (χ4n) is 1.57. The van der Waals surface area contributed by atoms with Crippen LogP contribution in [0.25, 0.3) is 0 Å². The van der Waals surface area contributed by atoms with E-state index in [1.54, 1.807) is 18.0 Å². The van der Waals surface area contributed by atoms with Gasteiger partial charge in [0.2, 0.25) is 0 Å². The molecule has 0 radical (unpaired) electrons. The molecule has 2 rings (SSSR count). The van der Waals surface area contributed by atoms with E-state index in [4.69, 9.17) is 4.74 Å². The number of ether oxygens (including phenoxy) is 1. The van der Waals surface area contributed by atoms with E-state index in [2.05, 4.69) is 41.8 Å². The van der Waals surface area contributed by atoms with Crippen molar-refractivity contribution in [3.05, 3.63) is 49.5 Å².